The molecule has 0 saturated carbocycles. The fourth-order valence-corrected chi connectivity index (χ4v) is 1.19. The first-order chi connectivity index (χ1) is 5.72. The average Bonchev–Trinajstić information content (AvgIpc) is 2.58. The molecule has 0 radical (unpaired) electrons. The Hall–Kier alpha value is -1.23. The Morgan fingerprint density at radius 2 is 1.75 bits per heavy atom. The Bertz CT molecular complexity index is 187. The minimum Gasteiger partial charge on any atom is -0.339 e. The van der Waals surface area contributed by atoms with Crippen molar-refractivity contribution in [3.05, 3.63) is 12.2 Å². The third-order valence-corrected chi connectivity index (χ3v) is 1.76. The van der Waals surface area contributed by atoms with E-state index in [9.17, 15) is 4.79 Å². The Morgan fingerprint density at radius 3 is 2.08 bits per heavy atom. The molecular weight excluding hydrogens is 150 g/mol. The van der Waals surface area contributed by atoms with Crippen molar-refractivity contribution in [3.8, 4) is 12.8 Å². The van der Waals surface area contributed by atoms with Crippen molar-refractivity contribution < 1.29 is 4.79 Å². The van der Waals surface area contributed by atoms with Crippen LogP contribution in [0.25, 0.3) is 0 Å². The summed E-state index contributed by atoms with van der Waals surface area (Å²) in [6.07, 6.45) is 10.3. The van der Waals surface area contributed by atoms with Gasteiger partial charge in [0.15, 0.2) is 0 Å². The van der Waals surface area contributed by atoms with Crippen molar-refractivity contribution in [1.29, 1.82) is 0 Å². The molecule has 66 valence electrons. The van der Waals surface area contributed by atoms with Gasteiger partial charge in [-0.1, -0.05) is 6.58 Å². The van der Waals surface area contributed by atoms with E-state index in [1.165, 1.54) is 0 Å². The Balaban J connectivity index is 0.000000561. The number of carbonyl (C=O) groups excluding carboxylic acids is 1. The highest BCUT2D eigenvalue weighted by Gasteiger charge is 2.17. The summed E-state index contributed by atoms with van der Waals surface area (Å²) >= 11 is 0. The van der Waals surface area contributed by atoms with Crippen LogP contribution in [0.3, 0.4) is 0 Å². The van der Waals surface area contributed by atoms with E-state index in [1.807, 2.05) is 4.90 Å². The van der Waals surface area contributed by atoms with E-state index in [0.717, 1.165) is 25.9 Å². The molecule has 0 atom stereocenters. The summed E-state index contributed by atoms with van der Waals surface area (Å²) in [4.78, 5) is 13.0. The zero-order chi connectivity index (χ0) is 9.56. The molecule has 0 aliphatic carbocycles. The summed E-state index contributed by atoms with van der Waals surface area (Å²) in [5.74, 6) is 0.123. The van der Waals surface area contributed by atoms with Gasteiger partial charge in [0.1, 0.15) is 0 Å². The van der Waals surface area contributed by atoms with E-state index in [4.69, 9.17) is 0 Å². The normalized spacial score (nSPS) is 14.8. The lowest BCUT2D eigenvalue weighted by Crippen LogP contribution is -2.27. The number of terminal acetylenes is 1. The molecule has 1 heterocycles. The summed E-state index contributed by atoms with van der Waals surface area (Å²) in [6, 6.07) is 0. The lowest BCUT2D eigenvalue weighted by molar-refractivity contribution is -0.126. The van der Waals surface area contributed by atoms with E-state index in [2.05, 4.69) is 19.4 Å². The lowest BCUT2D eigenvalue weighted by Gasteiger charge is -2.14. The maximum atomic E-state index is 11.2. The maximum Gasteiger partial charge on any atom is 0.248 e. The van der Waals surface area contributed by atoms with Gasteiger partial charge in [0.05, 0.1) is 0 Å². The van der Waals surface area contributed by atoms with Gasteiger partial charge in [-0.3, -0.25) is 4.79 Å². The van der Waals surface area contributed by atoms with Crippen molar-refractivity contribution in [1.82, 2.24) is 4.90 Å². The van der Waals surface area contributed by atoms with Crippen LogP contribution in [0.4, 0.5) is 0 Å². The molecule has 0 aromatic heterocycles. The minimum atomic E-state index is 0.123. The van der Waals surface area contributed by atoms with Gasteiger partial charge in [-0.05, 0) is 19.8 Å². The monoisotopic (exact) mass is 165 g/mol. The third kappa shape index (κ3) is 2.79. The second kappa shape index (κ2) is 5.42. The zero-order valence-electron chi connectivity index (χ0n) is 7.55. The first-order valence-corrected chi connectivity index (χ1v) is 4.00. The summed E-state index contributed by atoms with van der Waals surface area (Å²) in [7, 11) is 0. The highest BCUT2D eigenvalue weighted by molar-refractivity contribution is 5.92. The van der Waals surface area contributed by atoms with Crippen LogP contribution in [0.15, 0.2) is 12.2 Å². The van der Waals surface area contributed by atoms with Crippen molar-refractivity contribution in [2.24, 2.45) is 0 Å². The van der Waals surface area contributed by atoms with Crippen LogP contribution in [-0.4, -0.2) is 23.9 Å². The lowest BCUT2D eigenvalue weighted by atomic mass is 10.3. The molecule has 0 aromatic rings. The number of rotatable bonds is 1. The van der Waals surface area contributed by atoms with Gasteiger partial charge >= 0.3 is 0 Å². The second-order valence-corrected chi connectivity index (χ2v) is 2.78. The van der Waals surface area contributed by atoms with E-state index in [0.29, 0.717) is 5.57 Å². The molecule has 1 aliphatic heterocycles. The number of likely N-dealkylation sites (tertiary alicyclic amines) is 1. The molecule has 1 rings (SSSR count). The number of nitrogens with zero attached hydrogens (tertiary/aromatic N) is 1. The topological polar surface area (TPSA) is 20.3 Å². The quantitative estimate of drug-likeness (QED) is 0.425. The van der Waals surface area contributed by atoms with Gasteiger partial charge in [-0.25, -0.2) is 0 Å². The molecule has 0 spiro atoms. The minimum absolute atomic E-state index is 0.123. The second-order valence-electron chi connectivity index (χ2n) is 2.78. The van der Waals surface area contributed by atoms with Gasteiger partial charge in [0, 0.05) is 18.7 Å². The molecule has 0 aromatic carbocycles. The fourth-order valence-electron chi connectivity index (χ4n) is 1.19. The molecule has 1 aliphatic rings. The summed E-state index contributed by atoms with van der Waals surface area (Å²) < 4.78 is 0. The largest absolute Gasteiger partial charge is 0.339 e. The van der Waals surface area contributed by atoms with Gasteiger partial charge in [-0.2, -0.15) is 0 Å². The van der Waals surface area contributed by atoms with Crippen molar-refractivity contribution in [2.45, 2.75) is 19.8 Å². The molecule has 0 N–H and O–H groups in total. The highest BCUT2D eigenvalue weighted by Crippen LogP contribution is 2.09. The predicted octanol–water partition coefficient (Wildman–Crippen LogP) is 1.43. The van der Waals surface area contributed by atoms with Gasteiger partial charge in [-0.15, -0.1) is 12.8 Å². The van der Waals surface area contributed by atoms with Crippen LogP contribution in [0.2, 0.25) is 0 Å². The molecular formula is C10H15NO. The Morgan fingerprint density at radius 1 is 1.33 bits per heavy atom. The molecule has 1 saturated heterocycles. The smallest absolute Gasteiger partial charge is 0.248 e. The molecule has 1 amide bonds. The van der Waals surface area contributed by atoms with E-state index < -0.39 is 0 Å². The Kier molecular flexibility index (Phi) is 4.87. The maximum absolute atomic E-state index is 11.2. The first kappa shape index (κ1) is 10.8. The van der Waals surface area contributed by atoms with Gasteiger partial charge in [0.25, 0.3) is 0 Å². The number of hydrogen-bond acceptors (Lipinski definition) is 1. The zero-order valence-corrected chi connectivity index (χ0v) is 7.55. The van der Waals surface area contributed by atoms with Crippen molar-refractivity contribution in [2.75, 3.05) is 13.1 Å². The summed E-state index contributed by atoms with van der Waals surface area (Å²) in [5.41, 5.74) is 0.655. The van der Waals surface area contributed by atoms with E-state index in [-0.39, 0.29) is 5.91 Å². The molecule has 2 nitrogen and oxygen atoms in total. The SMILES string of the molecule is C#C.C=C(C)C(=O)N1CCCC1. The number of amides is 1. The molecule has 0 bridgehead atoms. The van der Waals surface area contributed by atoms with Crippen LogP contribution in [0.5, 0.6) is 0 Å². The number of carbonyl (C=O) groups is 1. The fraction of sp³-hybridized carbons (Fsp3) is 0.500. The Labute approximate surface area is 74.3 Å². The van der Waals surface area contributed by atoms with Crippen LogP contribution in [0.1, 0.15) is 19.8 Å². The van der Waals surface area contributed by atoms with Gasteiger partial charge in [0.2, 0.25) is 5.91 Å². The first-order valence-electron chi connectivity index (χ1n) is 4.00. The average molecular weight is 165 g/mol. The van der Waals surface area contributed by atoms with Crippen molar-refractivity contribution in [3.63, 3.8) is 0 Å². The summed E-state index contributed by atoms with van der Waals surface area (Å²) in [5, 5.41) is 0. The summed E-state index contributed by atoms with van der Waals surface area (Å²) in [6.45, 7) is 7.22. The molecule has 12 heavy (non-hydrogen) atoms. The van der Waals surface area contributed by atoms with Gasteiger partial charge < -0.3 is 4.90 Å². The van der Waals surface area contributed by atoms with Crippen LogP contribution < -0.4 is 0 Å². The highest BCUT2D eigenvalue weighted by atomic mass is 16.2. The van der Waals surface area contributed by atoms with E-state index in [1.54, 1.807) is 6.92 Å². The van der Waals surface area contributed by atoms with Crippen LogP contribution in [-0.2, 0) is 4.79 Å². The molecule has 0 unspecified atom stereocenters. The van der Waals surface area contributed by atoms with E-state index >= 15 is 0 Å². The number of hydrogen-bond donors (Lipinski definition) is 0. The van der Waals surface area contributed by atoms with Crippen LogP contribution in [0, 0.1) is 12.8 Å². The standard InChI is InChI=1S/C8H13NO.C2H2/c1-7(2)8(10)9-5-3-4-6-9;1-2/h1,3-6H2,2H3;1-2H. The molecule has 1 fully saturated rings. The third-order valence-electron chi connectivity index (χ3n) is 1.76. The van der Waals surface area contributed by atoms with Crippen molar-refractivity contribution >= 4 is 5.91 Å². The predicted molar refractivity (Wildman–Crippen MR) is 50.5 cm³/mol. The van der Waals surface area contributed by atoms with Crippen LogP contribution >= 0.6 is 0 Å². The molecule has 2 heteroatoms.